The summed E-state index contributed by atoms with van der Waals surface area (Å²) < 4.78 is 5.30. The van der Waals surface area contributed by atoms with Crippen LogP contribution in [0, 0.1) is 5.92 Å². The van der Waals surface area contributed by atoms with Crippen molar-refractivity contribution >= 4 is 30.7 Å². The van der Waals surface area contributed by atoms with E-state index in [2.05, 4.69) is 31.0 Å². The molecular formula is C16H33Cl2N3O2. The lowest BCUT2D eigenvalue weighted by atomic mass is 9.89. The van der Waals surface area contributed by atoms with Crippen molar-refractivity contribution in [2.24, 2.45) is 11.7 Å². The molecule has 138 valence electrons. The third-order valence-electron chi connectivity index (χ3n) is 5.03. The molecule has 23 heavy (non-hydrogen) atoms. The summed E-state index contributed by atoms with van der Waals surface area (Å²) in [7, 11) is 0. The molecule has 5 nitrogen and oxygen atoms in total. The van der Waals surface area contributed by atoms with Gasteiger partial charge in [0, 0.05) is 31.8 Å². The summed E-state index contributed by atoms with van der Waals surface area (Å²) >= 11 is 0. The molecule has 0 aromatic carbocycles. The molecule has 2 fully saturated rings. The number of likely N-dealkylation sites (tertiary alicyclic amines) is 1. The molecule has 0 saturated carbocycles. The predicted molar refractivity (Wildman–Crippen MR) is 98.5 cm³/mol. The normalized spacial score (nSPS) is 25.0. The van der Waals surface area contributed by atoms with E-state index in [9.17, 15) is 4.79 Å². The molecule has 2 aliphatic rings. The quantitative estimate of drug-likeness (QED) is 0.794. The highest BCUT2D eigenvalue weighted by Crippen LogP contribution is 2.24. The summed E-state index contributed by atoms with van der Waals surface area (Å²) in [5, 5.41) is 3.08. The molecule has 2 rings (SSSR count). The summed E-state index contributed by atoms with van der Waals surface area (Å²) in [6.07, 6.45) is 3.78. The van der Waals surface area contributed by atoms with Crippen molar-refractivity contribution < 1.29 is 9.53 Å². The highest BCUT2D eigenvalue weighted by atomic mass is 35.5. The number of carbonyl (C=O) groups excluding carboxylic acids is 1. The average Bonchev–Trinajstić information content (AvgIpc) is 2.45. The Hall–Kier alpha value is -0.0700. The molecule has 0 aromatic heterocycles. The molecular weight excluding hydrogens is 337 g/mol. The lowest BCUT2D eigenvalue weighted by Crippen LogP contribution is -2.61. The van der Waals surface area contributed by atoms with Gasteiger partial charge in [0.05, 0.1) is 5.54 Å². The van der Waals surface area contributed by atoms with E-state index >= 15 is 0 Å². The van der Waals surface area contributed by atoms with Crippen molar-refractivity contribution in [1.82, 2.24) is 10.2 Å². The van der Waals surface area contributed by atoms with Gasteiger partial charge in [0.1, 0.15) is 0 Å². The first-order chi connectivity index (χ1) is 9.83. The van der Waals surface area contributed by atoms with Crippen LogP contribution < -0.4 is 11.1 Å². The summed E-state index contributed by atoms with van der Waals surface area (Å²) in [5.41, 5.74) is 5.46. The van der Waals surface area contributed by atoms with Gasteiger partial charge in [0.25, 0.3) is 0 Å². The third kappa shape index (κ3) is 6.05. The monoisotopic (exact) mass is 369 g/mol. The van der Waals surface area contributed by atoms with Crippen LogP contribution in [-0.2, 0) is 9.53 Å². The van der Waals surface area contributed by atoms with Crippen LogP contribution in [0.5, 0.6) is 0 Å². The van der Waals surface area contributed by atoms with E-state index in [0.29, 0.717) is 32.6 Å². The number of piperidine rings is 1. The fraction of sp³-hybridized carbons (Fsp3) is 0.938. The molecule has 2 heterocycles. The second kappa shape index (κ2) is 9.42. The number of nitrogens with two attached hydrogens (primary N) is 1. The van der Waals surface area contributed by atoms with Crippen molar-refractivity contribution in [2.75, 3.05) is 32.8 Å². The Morgan fingerprint density at radius 3 is 2.52 bits per heavy atom. The summed E-state index contributed by atoms with van der Waals surface area (Å²) in [6.45, 7) is 10.8. The van der Waals surface area contributed by atoms with Crippen LogP contribution in [0.3, 0.4) is 0 Å². The zero-order valence-electron chi connectivity index (χ0n) is 14.6. The van der Waals surface area contributed by atoms with E-state index in [1.807, 2.05) is 0 Å². The largest absolute Gasteiger partial charge is 0.381 e. The van der Waals surface area contributed by atoms with Crippen molar-refractivity contribution in [3.63, 3.8) is 0 Å². The van der Waals surface area contributed by atoms with Gasteiger partial charge in [-0.25, -0.2) is 0 Å². The molecule has 1 amide bonds. The number of rotatable bonds is 4. The highest BCUT2D eigenvalue weighted by molar-refractivity contribution is 5.86. The van der Waals surface area contributed by atoms with Crippen LogP contribution >= 0.6 is 24.8 Å². The molecule has 0 bridgehead atoms. The maximum absolute atomic E-state index is 12.4. The molecule has 3 N–H and O–H groups in total. The Balaban J connectivity index is 0.00000242. The lowest BCUT2D eigenvalue weighted by molar-refractivity contribution is -0.130. The fourth-order valence-corrected chi connectivity index (χ4v) is 3.29. The van der Waals surface area contributed by atoms with Crippen LogP contribution in [-0.4, -0.2) is 54.7 Å². The SMILES string of the molecule is CC1CCCN(C(C)(C)CNC(=O)C2(N)CCOCC2)C1.Cl.Cl. The van der Waals surface area contributed by atoms with Crippen LogP contribution in [0.4, 0.5) is 0 Å². The van der Waals surface area contributed by atoms with Gasteiger partial charge in [-0.3, -0.25) is 9.69 Å². The highest BCUT2D eigenvalue weighted by Gasteiger charge is 2.37. The Morgan fingerprint density at radius 2 is 1.96 bits per heavy atom. The second-order valence-corrected chi connectivity index (χ2v) is 7.46. The number of nitrogens with zero attached hydrogens (tertiary/aromatic N) is 1. The molecule has 0 aliphatic carbocycles. The number of carbonyl (C=O) groups is 1. The molecule has 7 heteroatoms. The minimum absolute atomic E-state index is 0. The molecule has 0 spiro atoms. The third-order valence-corrected chi connectivity index (χ3v) is 5.03. The van der Waals surface area contributed by atoms with Gasteiger partial charge >= 0.3 is 0 Å². The number of nitrogens with one attached hydrogen (secondary N) is 1. The van der Waals surface area contributed by atoms with Crippen molar-refractivity contribution in [2.45, 2.75) is 57.5 Å². The van der Waals surface area contributed by atoms with E-state index < -0.39 is 5.54 Å². The number of hydrogen-bond donors (Lipinski definition) is 2. The molecule has 1 atom stereocenters. The molecule has 0 aromatic rings. The maximum Gasteiger partial charge on any atom is 0.240 e. The first-order valence-electron chi connectivity index (χ1n) is 8.23. The summed E-state index contributed by atoms with van der Waals surface area (Å²) in [5.74, 6) is 0.717. The van der Waals surface area contributed by atoms with Gasteiger partial charge < -0.3 is 15.8 Å². The Bertz CT molecular complexity index is 374. The van der Waals surface area contributed by atoms with E-state index in [0.717, 1.165) is 19.0 Å². The van der Waals surface area contributed by atoms with Gasteiger partial charge in [-0.05, 0) is 52.0 Å². The van der Waals surface area contributed by atoms with Crippen molar-refractivity contribution in [3.8, 4) is 0 Å². The van der Waals surface area contributed by atoms with Gasteiger partial charge in [0.2, 0.25) is 5.91 Å². The second-order valence-electron chi connectivity index (χ2n) is 7.46. The topological polar surface area (TPSA) is 67.6 Å². The van der Waals surface area contributed by atoms with Gasteiger partial charge in [-0.1, -0.05) is 6.92 Å². The van der Waals surface area contributed by atoms with Crippen LogP contribution in [0.25, 0.3) is 0 Å². The van der Waals surface area contributed by atoms with E-state index in [1.165, 1.54) is 12.8 Å². The standard InChI is InChI=1S/C16H31N3O2.2ClH/c1-13-5-4-8-19(11-13)15(2,3)12-18-14(20)16(17)6-9-21-10-7-16;;/h13H,4-12,17H2,1-3H3,(H,18,20);2*1H. The maximum atomic E-state index is 12.4. The summed E-state index contributed by atoms with van der Waals surface area (Å²) in [4.78, 5) is 14.9. The lowest BCUT2D eigenvalue weighted by Gasteiger charge is -2.43. The Morgan fingerprint density at radius 1 is 1.35 bits per heavy atom. The Labute approximate surface area is 152 Å². The minimum atomic E-state index is -0.747. The molecule has 0 radical (unpaired) electrons. The first kappa shape index (κ1) is 22.9. The van der Waals surface area contributed by atoms with E-state index in [1.54, 1.807) is 0 Å². The number of amides is 1. The zero-order chi connectivity index (χ0) is 15.5. The van der Waals surface area contributed by atoms with Gasteiger partial charge in [-0.15, -0.1) is 24.8 Å². The van der Waals surface area contributed by atoms with E-state index in [4.69, 9.17) is 10.5 Å². The Kier molecular flexibility index (Phi) is 9.39. The smallest absolute Gasteiger partial charge is 0.240 e. The van der Waals surface area contributed by atoms with Gasteiger partial charge in [0.15, 0.2) is 0 Å². The minimum Gasteiger partial charge on any atom is -0.381 e. The van der Waals surface area contributed by atoms with Crippen LogP contribution in [0.1, 0.15) is 46.5 Å². The van der Waals surface area contributed by atoms with Crippen LogP contribution in [0.2, 0.25) is 0 Å². The average molecular weight is 370 g/mol. The van der Waals surface area contributed by atoms with Crippen molar-refractivity contribution in [3.05, 3.63) is 0 Å². The zero-order valence-corrected chi connectivity index (χ0v) is 16.2. The predicted octanol–water partition coefficient (Wildman–Crippen LogP) is 1.96. The number of hydrogen-bond acceptors (Lipinski definition) is 4. The fourth-order valence-electron chi connectivity index (χ4n) is 3.29. The number of ether oxygens (including phenoxy) is 1. The first-order valence-corrected chi connectivity index (χ1v) is 8.23. The van der Waals surface area contributed by atoms with Crippen LogP contribution in [0.15, 0.2) is 0 Å². The number of halogens is 2. The molecule has 1 unspecified atom stereocenters. The molecule has 2 saturated heterocycles. The van der Waals surface area contributed by atoms with E-state index in [-0.39, 0.29) is 36.3 Å². The van der Waals surface area contributed by atoms with Crippen molar-refractivity contribution in [1.29, 1.82) is 0 Å². The van der Waals surface area contributed by atoms with Gasteiger partial charge in [-0.2, -0.15) is 0 Å². The summed E-state index contributed by atoms with van der Waals surface area (Å²) in [6, 6.07) is 0. The molecule has 2 aliphatic heterocycles.